The number of rotatable bonds is 5. The Labute approximate surface area is 155 Å². The summed E-state index contributed by atoms with van der Waals surface area (Å²) in [6.07, 6.45) is 1.06. The first-order chi connectivity index (χ1) is 11.4. The van der Waals surface area contributed by atoms with Crippen molar-refractivity contribution in [2.24, 2.45) is 7.05 Å². The van der Waals surface area contributed by atoms with Gasteiger partial charge in [-0.1, -0.05) is 18.2 Å². The molecule has 0 saturated heterocycles. The molecule has 3 rings (SSSR count). The molecule has 1 aromatic carbocycles. The maximum absolute atomic E-state index is 4.78. The minimum absolute atomic E-state index is 0. The molecule has 0 aliphatic carbocycles. The van der Waals surface area contributed by atoms with Gasteiger partial charge < -0.3 is 10.6 Å². The van der Waals surface area contributed by atoms with E-state index < -0.39 is 0 Å². The standard InChI is InChI=1S/C19H27N5.ClH/c1-13-16-17(20-11-8-12-21-19(2,3)4)14-9-6-7-10-15(14)22-18(16)24(5)23-13;/h6-7,9-10,21H,8,11-12H2,1-5H3,(H,20,22);1H. The van der Waals surface area contributed by atoms with Crippen LogP contribution in [0.1, 0.15) is 32.9 Å². The lowest BCUT2D eigenvalue weighted by molar-refractivity contribution is 0.425. The molecule has 0 saturated carbocycles. The second-order valence-corrected chi connectivity index (χ2v) is 7.37. The van der Waals surface area contributed by atoms with E-state index in [2.05, 4.69) is 54.7 Å². The van der Waals surface area contributed by atoms with Gasteiger partial charge in [-0.2, -0.15) is 5.10 Å². The van der Waals surface area contributed by atoms with E-state index in [0.29, 0.717) is 0 Å². The molecule has 0 unspecified atom stereocenters. The average molecular weight is 362 g/mol. The Bertz CT molecular complexity index is 863. The first-order valence-electron chi connectivity index (χ1n) is 8.58. The fourth-order valence-electron chi connectivity index (χ4n) is 3.05. The molecule has 136 valence electrons. The zero-order chi connectivity index (χ0) is 17.3. The van der Waals surface area contributed by atoms with E-state index in [1.807, 2.05) is 24.7 Å². The van der Waals surface area contributed by atoms with E-state index in [1.54, 1.807) is 0 Å². The molecule has 0 amide bonds. The molecule has 0 fully saturated rings. The smallest absolute Gasteiger partial charge is 0.160 e. The van der Waals surface area contributed by atoms with Gasteiger partial charge in [-0.05, 0) is 46.7 Å². The fourth-order valence-corrected chi connectivity index (χ4v) is 3.05. The molecular formula is C19H28ClN5. The Hall–Kier alpha value is -1.85. The summed E-state index contributed by atoms with van der Waals surface area (Å²) in [7, 11) is 1.95. The minimum Gasteiger partial charge on any atom is -0.384 e. The molecule has 2 aromatic heterocycles. The molecule has 0 radical (unpaired) electrons. The van der Waals surface area contributed by atoms with Crippen molar-refractivity contribution in [1.82, 2.24) is 20.1 Å². The topological polar surface area (TPSA) is 54.8 Å². The van der Waals surface area contributed by atoms with Crippen LogP contribution in [0.5, 0.6) is 0 Å². The zero-order valence-electron chi connectivity index (χ0n) is 15.7. The molecule has 0 aliphatic rings. The number of para-hydroxylation sites is 1. The lowest BCUT2D eigenvalue weighted by Gasteiger charge is -2.20. The Morgan fingerprint density at radius 1 is 1.12 bits per heavy atom. The highest BCUT2D eigenvalue weighted by molar-refractivity contribution is 6.07. The molecule has 2 heterocycles. The monoisotopic (exact) mass is 361 g/mol. The van der Waals surface area contributed by atoms with Gasteiger partial charge in [-0.3, -0.25) is 4.68 Å². The largest absolute Gasteiger partial charge is 0.384 e. The van der Waals surface area contributed by atoms with Crippen molar-refractivity contribution in [2.75, 3.05) is 18.4 Å². The molecule has 6 heteroatoms. The van der Waals surface area contributed by atoms with Gasteiger partial charge in [0, 0.05) is 24.5 Å². The van der Waals surface area contributed by atoms with Gasteiger partial charge in [0.15, 0.2) is 5.65 Å². The van der Waals surface area contributed by atoms with Crippen LogP contribution in [0.2, 0.25) is 0 Å². The summed E-state index contributed by atoms with van der Waals surface area (Å²) in [6, 6.07) is 8.28. The molecule has 0 bridgehead atoms. The second kappa shape index (κ2) is 7.58. The van der Waals surface area contributed by atoms with Crippen LogP contribution in [0, 0.1) is 6.92 Å². The number of hydrogen-bond donors (Lipinski definition) is 2. The van der Waals surface area contributed by atoms with E-state index in [1.165, 1.54) is 0 Å². The number of aryl methyl sites for hydroxylation is 2. The van der Waals surface area contributed by atoms with Crippen LogP contribution in [-0.4, -0.2) is 33.4 Å². The zero-order valence-corrected chi connectivity index (χ0v) is 16.5. The van der Waals surface area contributed by atoms with Crippen molar-refractivity contribution < 1.29 is 0 Å². The van der Waals surface area contributed by atoms with Gasteiger partial charge in [-0.25, -0.2) is 4.98 Å². The summed E-state index contributed by atoms with van der Waals surface area (Å²) in [5, 5.41) is 14.0. The Morgan fingerprint density at radius 2 is 1.84 bits per heavy atom. The van der Waals surface area contributed by atoms with E-state index in [4.69, 9.17) is 4.98 Å². The predicted octanol–water partition coefficient (Wildman–Crippen LogP) is 4.04. The van der Waals surface area contributed by atoms with Crippen LogP contribution in [0.4, 0.5) is 5.69 Å². The molecule has 3 aromatic rings. The number of aromatic nitrogens is 3. The Kier molecular flexibility index (Phi) is 5.91. The van der Waals surface area contributed by atoms with Crippen molar-refractivity contribution in [3.05, 3.63) is 30.0 Å². The Balaban J connectivity index is 0.00000225. The van der Waals surface area contributed by atoms with Crippen molar-refractivity contribution in [3.8, 4) is 0 Å². The number of nitrogens with one attached hydrogen (secondary N) is 2. The fraction of sp³-hybridized carbons (Fsp3) is 0.474. The lowest BCUT2D eigenvalue weighted by atomic mass is 10.1. The molecular weight excluding hydrogens is 334 g/mol. The maximum Gasteiger partial charge on any atom is 0.160 e. The molecule has 25 heavy (non-hydrogen) atoms. The van der Waals surface area contributed by atoms with Crippen LogP contribution >= 0.6 is 12.4 Å². The maximum atomic E-state index is 4.78. The van der Waals surface area contributed by atoms with Gasteiger partial charge in [-0.15, -0.1) is 12.4 Å². The highest BCUT2D eigenvalue weighted by atomic mass is 35.5. The molecule has 0 aliphatic heterocycles. The van der Waals surface area contributed by atoms with E-state index >= 15 is 0 Å². The van der Waals surface area contributed by atoms with Gasteiger partial charge in [0.25, 0.3) is 0 Å². The van der Waals surface area contributed by atoms with Gasteiger partial charge in [0.2, 0.25) is 0 Å². The SMILES string of the molecule is Cc1nn(C)c2nc3ccccc3c(NCCCNC(C)(C)C)c12.Cl. The molecule has 0 atom stereocenters. The van der Waals surface area contributed by atoms with Crippen LogP contribution in [0.25, 0.3) is 21.9 Å². The highest BCUT2D eigenvalue weighted by Crippen LogP contribution is 2.32. The van der Waals surface area contributed by atoms with Gasteiger partial charge >= 0.3 is 0 Å². The normalized spacial score (nSPS) is 11.7. The molecule has 2 N–H and O–H groups in total. The van der Waals surface area contributed by atoms with Crippen LogP contribution in [-0.2, 0) is 7.05 Å². The number of nitrogens with zero attached hydrogens (tertiary/aromatic N) is 3. The summed E-state index contributed by atoms with van der Waals surface area (Å²) in [5.41, 5.74) is 4.26. The first kappa shape index (κ1) is 19.5. The number of halogens is 1. The quantitative estimate of drug-likeness (QED) is 0.673. The summed E-state index contributed by atoms with van der Waals surface area (Å²) < 4.78 is 1.86. The number of benzene rings is 1. The van der Waals surface area contributed by atoms with Crippen molar-refractivity contribution in [1.29, 1.82) is 0 Å². The summed E-state index contributed by atoms with van der Waals surface area (Å²) >= 11 is 0. The summed E-state index contributed by atoms with van der Waals surface area (Å²) in [4.78, 5) is 4.78. The summed E-state index contributed by atoms with van der Waals surface area (Å²) in [5.74, 6) is 0. The van der Waals surface area contributed by atoms with Crippen LogP contribution in [0.3, 0.4) is 0 Å². The third-order valence-electron chi connectivity index (χ3n) is 4.15. The Morgan fingerprint density at radius 3 is 2.56 bits per heavy atom. The minimum atomic E-state index is 0. The van der Waals surface area contributed by atoms with Crippen molar-refractivity contribution in [3.63, 3.8) is 0 Å². The van der Waals surface area contributed by atoms with E-state index in [9.17, 15) is 0 Å². The summed E-state index contributed by atoms with van der Waals surface area (Å²) in [6.45, 7) is 10.5. The van der Waals surface area contributed by atoms with Gasteiger partial charge in [0.05, 0.1) is 22.3 Å². The first-order valence-corrected chi connectivity index (χ1v) is 8.58. The number of anilines is 1. The molecule has 0 spiro atoms. The third kappa shape index (κ3) is 4.22. The second-order valence-electron chi connectivity index (χ2n) is 7.37. The van der Waals surface area contributed by atoms with Crippen LogP contribution < -0.4 is 10.6 Å². The van der Waals surface area contributed by atoms with Crippen LogP contribution in [0.15, 0.2) is 24.3 Å². The average Bonchev–Trinajstić information content (AvgIpc) is 2.79. The van der Waals surface area contributed by atoms with Crippen molar-refractivity contribution >= 4 is 40.0 Å². The predicted molar refractivity (Wildman–Crippen MR) is 109 cm³/mol. The number of hydrogen-bond acceptors (Lipinski definition) is 4. The third-order valence-corrected chi connectivity index (χ3v) is 4.15. The number of pyridine rings is 1. The van der Waals surface area contributed by atoms with E-state index in [-0.39, 0.29) is 17.9 Å². The van der Waals surface area contributed by atoms with Gasteiger partial charge in [0.1, 0.15) is 0 Å². The highest BCUT2D eigenvalue weighted by Gasteiger charge is 2.15. The van der Waals surface area contributed by atoms with Crippen molar-refractivity contribution in [2.45, 2.75) is 39.7 Å². The van der Waals surface area contributed by atoms with E-state index in [0.717, 1.165) is 52.8 Å². The number of fused-ring (bicyclic) bond motifs is 2. The lowest BCUT2D eigenvalue weighted by Crippen LogP contribution is -2.36. The molecule has 5 nitrogen and oxygen atoms in total.